The molecule has 0 saturated heterocycles. The summed E-state index contributed by atoms with van der Waals surface area (Å²) >= 11 is 1.44. The van der Waals surface area contributed by atoms with Crippen molar-refractivity contribution in [1.82, 2.24) is 10.3 Å². The van der Waals surface area contributed by atoms with Gasteiger partial charge in [0.2, 0.25) is 5.91 Å². The number of hydrogen-bond donors (Lipinski definition) is 1. The number of benzene rings is 2. The quantitative estimate of drug-likeness (QED) is 0.459. The summed E-state index contributed by atoms with van der Waals surface area (Å²) in [5.74, 6) is -0.584. The summed E-state index contributed by atoms with van der Waals surface area (Å²) in [5, 5.41) is 4.90. The van der Waals surface area contributed by atoms with Gasteiger partial charge in [-0.15, -0.1) is 11.3 Å². The number of carbonyl (C=O) groups excluding carboxylic acids is 2. The summed E-state index contributed by atoms with van der Waals surface area (Å²) in [4.78, 5) is 33.5. The van der Waals surface area contributed by atoms with E-state index in [-0.39, 0.29) is 17.5 Å². The second-order valence-corrected chi connectivity index (χ2v) is 7.83. The molecule has 2 aromatic carbocycles. The highest BCUT2D eigenvalue weighted by molar-refractivity contribution is 7.10. The maximum Gasteiger partial charge on any atom is 0.277 e. The number of nitrogens with zero attached hydrogens (tertiary/aromatic N) is 2. The van der Waals surface area contributed by atoms with Crippen molar-refractivity contribution in [1.29, 1.82) is 0 Å². The fraction of sp³-hybridized carbons (Fsp3) is 0.0800. The molecule has 4 rings (SSSR count). The van der Waals surface area contributed by atoms with Crippen LogP contribution in [0.1, 0.15) is 27.0 Å². The Hall–Kier alpha value is -3.77. The second-order valence-electron chi connectivity index (χ2n) is 6.85. The van der Waals surface area contributed by atoms with E-state index in [0.29, 0.717) is 12.2 Å². The SMILES string of the molecule is O=C(NCc1ccccc1)[C@H](c1cccs1)N(C(=O)c1ccccn1)c1ccccc1. The molecule has 0 spiro atoms. The Morgan fingerprint density at radius 2 is 1.58 bits per heavy atom. The van der Waals surface area contributed by atoms with E-state index in [1.54, 1.807) is 24.4 Å². The molecule has 0 saturated carbocycles. The molecule has 5 nitrogen and oxygen atoms in total. The molecule has 1 atom stereocenters. The van der Waals surface area contributed by atoms with E-state index in [4.69, 9.17) is 0 Å². The second kappa shape index (κ2) is 9.82. The van der Waals surface area contributed by atoms with Crippen molar-refractivity contribution in [2.75, 3.05) is 4.90 Å². The van der Waals surface area contributed by atoms with Crippen LogP contribution in [0.25, 0.3) is 0 Å². The van der Waals surface area contributed by atoms with Crippen molar-refractivity contribution < 1.29 is 9.59 Å². The van der Waals surface area contributed by atoms with Crippen LogP contribution in [-0.4, -0.2) is 16.8 Å². The highest BCUT2D eigenvalue weighted by atomic mass is 32.1. The molecule has 0 aliphatic heterocycles. The number of rotatable bonds is 7. The number of anilines is 1. The van der Waals surface area contributed by atoms with E-state index in [1.807, 2.05) is 78.2 Å². The Morgan fingerprint density at radius 3 is 2.23 bits per heavy atom. The van der Waals surface area contributed by atoms with Gasteiger partial charge in [0.25, 0.3) is 5.91 Å². The number of para-hydroxylation sites is 1. The van der Waals surface area contributed by atoms with Gasteiger partial charge in [0, 0.05) is 23.3 Å². The summed E-state index contributed by atoms with van der Waals surface area (Å²) in [6.07, 6.45) is 1.58. The molecule has 2 amide bonds. The topological polar surface area (TPSA) is 62.3 Å². The van der Waals surface area contributed by atoms with E-state index in [9.17, 15) is 9.59 Å². The fourth-order valence-corrected chi connectivity index (χ4v) is 4.10. The largest absolute Gasteiger partial charge is 0.350 e. The van der Waals surface area contributed by atoms with Gasteiger partial charge in [0.05, 0.1) is 0 Å². The average Bonchev–Trinajstić information content (AvgIpc) is 3.37. The molecule has 154 valence electrons. The number of hydrogen-bond acceptors (Lipinski definition) is 4. The number of thiophene rings is 1. The molecular formula is C25H21N3O2S. The zero-order chi connectivity index (χ0) is 21.5. The van der Waals surface area contributed by atoms with Gasteiger partial charge in [-0.05, 0) is 41.3 Å². The third-order valence-electron chi connectivity index (χ3n) is 4.77. The van der Waals surface area contributed by atoms with Crippen LogP contribution in [0.2, 0.25) is 0 Å². The third-order valence-corrected chi connectivity index (χ3v) is 5.69. The maximum absolute atomic E-state index is 13.5. The van der Waals surface area contributed by atoms with E-state index >= 15 is 0 Å². The van der Waals surface area contributed by atoms with Crippen molar-refractivity contribution in [3.63, 3.8) is 0 Å². The number of pyridine rings is 1. The van der Waals surface area contributed by atoms with Crippen LogP contribution in [0.15, 0.2) is 103 Å². The van der Waals surface area contributed by atoms with E-state index in [0.717, 1.165) is 10.4 Å². The van der Waals surface area contributed by atoms with Crippen molar-refractivity contribution in [2.45, 2.75) is 12.6 Å². The smallest absolute Gasteiger partial charge is 0.277 e. The molecule has 0 aliphatic rings. The van der Waals surface area contributed by atoms with Gasteiger partial charge in [0.1, 0.15) is 5.69 Å². The zero-order valence-corrected chi connectivity index (χ0v) is 17.5. The highest BCUT2D eigenvalue weighted by Crippen LogP contribution is 2.31. The Labute approximate surface area is 185 Å². The number of nitrogens with one attached hydrogen (secondary N) is 1. The number of amides is 2. The number of aromatic nitrogens is 1. The van der Waals surface area contributed by atoms with Gasteiger partial charge in [-0.25, -0.2) is 0 Å². The standard InChI is InChI=1S/C25H21N3O2S/c29-24(27-18-19-10-3-1-4-11-19)23(22-15-9-17-31-22)28(20-12-5-2-6-13-20)25(30)21-14-7-8-16-26-21/h1-17,23H,18H2,(H,27,29)/t23-/m0/s1. The summed E-state index contributed by atoms with van der Waals surface area (Å²) in [7, 11) is 0. The third kappa shape index (κ3) is 4.87. The van der Waals surface area contributed by atoms with Crippen LogP contribution >= 0.6 is 11.3 Å². The highest BCUT2D eigenvalue weighted by Gasteiger charge is 2.34. The van der Waals surface area contributed by atoms with E-state index in [2.05, 4.69) is 10.3 Å². The van der Waals surface area contributed by atoms with Crippen molar-refractivity contribution >= 4 is 28.8 Å². The van der Waals surface area contributed by atoms with Gasteiger partial charge in [0.15, 0.2) is 6.04 Å². The lowest BCUT2D eigenvalue weighted by Crippen LogP contribution is -2.43. The monoisotopic (exact) mass is 427 g/mol. The van der Waals surface area contributed by atoms with Crippen molar-refractivity contribution in [3.05, 3.63) is 119 Å². The first-order valence-electron chi connectivity index (χ1n) is 9.89. The minimum atomic E-state index is -0.819. The molecule has 4 aromatic rings. The minimum absolute atomic E-state index is 0.251. The normalized spacial score (nSPS) is 11.5. The van der Waals surface area contributed by atoms with Gasteiger partial charge in [-0.3, -0.25) is 19.5 Å². The Morgan fingerprint density at radius 1 is 0.871 bits per heavy atom. The summed E-state index contributed by atoms with van der Waals surface area (Å²) in [6.45, 7) is 0.377. The van der Waals surface area contributed by atoms with Crippen LogP contribution < -0.4 is 10.2 Å². The van der Waals surface area contributed by atoms with Gasteiger partial charge in [-0.1, -0.05) is 60.7 Å². The van der Waals surface area contributed by atoms with Crippen molar-refractivity contribution in [2.24, 2.45) is 0 Å². The predicted octanol–water partition coefficient (Wildman–Crippen LogP) is 4.85. The first-order chi connectivity index (χ1) is 15.2. The maximum atomic E-state index is 13.5. The fourth-order valence-electron chi connectivity index (χ4n) is 3.29. The molecule has 1 N–H and O–H groups in total. The minimum Gasteiger partial charge on any atom is -0.350 e. The molecular weight excluding hydrogens is 406 g/mol. The van der Waals surface area contributed by atoms with Crippen molar-refractivity contribution in [3.8, 4) is 0 Å². The Balaban J connectivity index is 1.72. The van der Waals surface area contributed by atoms with Gasteiger partial charge >= 0.3 is 0 Å². The van der Waals surface area contributed by atoms with E-state index in [1.165, 1.54) is 16.2 Å². The molecule has 31 heavy (non-hydrogen) atoms. The lowest BCUT2D eigenvalue weighted by Gasteiger charge is -2.30. The van der Waals surface area contributed by atoms with Crippen LogP contribution in [0.4, 0.5) is 5.69 Å². The molecule has 6 heteroatoms. The Bertz CT molecular complexity index is 1120. The summed E-state index contributed by atoms with van der Waals surface area (Å²) in [5.41, 5.74) is 1.90. The molecule has 2 heterocycles. The lowest BCUT2D eigenvalue weighted by atomic mass is 10.1. The molecule has 0 aliphatic carbocycles. The predicted molar refractivity (Wildman–Crippen MR) is 123 cm³/mol. The summed E-state index contributed by atoms with van der Waals surface area (Å²) in [6, 6.07) is 27.0. The molecule has 0 radical (unpaired) electrons. The zero-order valence-electron chi connectivity index (χ0n) is 16.7. The van der Waals surface area contributed by atoms with E-state index < -0.39 is 6.04 Å². The van der Waals surface area contributed by atoms with Gasteiger partial charge < -0.3 is 5.32 Å². The van der Waals surface area contributed by atoms with Crippen LogP contribution in [0.5, 0.6) is 0 Å². The van der Waals surface area contributed by atoms with Gasteiger partial charge in [-0.2, -0.15) is 0 Å². The van der Waals surface area contributed by atoms with Crippen LogP contribution in [0, 0.1) is 0 Å². The van der Waals surface area contributed by atoms with Crippen LogP contribution in [0.3, 0.4) is 0 Å². The molecule has 2 aromatic heterocycles. The first-order valence-corrected chi connectivity index (χ1v) is 10.8. The first kappa shape index (κ1) is 20.5. The van der Waals surface area contributed by atoms with Crippen LogP contribution in [-0.2, 0) is 11.3 Å². The molecule has 0 bridgehead atoms. The Kier molecular flexibility index (Phi) is 6.50. The summed E-state index contributed by atoms with van der Waals surface area (Å²) < 4.78 is 0. The lowest BCUT2D eigenvalue weighted by molar-refractivity contribution is -0.122. The average molecular weight is 428 g/mol. The molecule has 0 unspecified atom stereocenters. The number of carbonyl (C=O) groups is 2. The molecule has 0 fully saturated rings.